The number of rotatable bonds is 4. The van der Waals surface area contributed by atoms with Gasteiger partial charge in [0.15, 0.2) is 0 Å². The van der Waals surface area contributed by atoms with Crippen molar-refractivity contribution in [2.45, 2.75) is 39.2 Å². The Labute approximate surface area is 176 Å². The zero-order chi connectivity index (χ0) is 20.5. The quantitative estimate of drug-likeness (QED) is 0.679. The maximum atomic E-state index is 12.5. The molecule has 2 N–H and O–H groups in total. The Morgan fingerprint density at radius 3 is 2.39 bits per heavy atom. The minimum absolute atomic E-state index is 0.0344. The van der Waals surface area contributed by atoms with Crippen molar-refractivity contribution in [3.05, 3.63) is 64.6 Å². The summed E-state index contributed by atoms with van der Waals surface area (Å²) in [6, 6.07) is 16.4. The number of hydrogen-bond donors (Lipinski definition) is 2. The van der Waals surface area contributed by atoms with E-state index in [1.807, 2.05) is 36.4 Å². The summed E-state index contributed by atoms with van der Waals surface area (Å²) in [5.74, 6) is 0.0515. The van der Waals surface area contributed by atoms with Crippen molar-refractivity contribution < 1.29 is 9.59 Å². The molecule has 3 atom stereocenters. The van der Waals surface area contributed by atoms with Crippen LogP contribution in [0.2, 0.25) is 10.0 Å². The van der Waals surface area contributed by atoms with Crippen molar-refractivity contribution in [2.75, 3.05) is 5.32 Å². The summed E-state index contributed by atoms with van der Waals surface area (Å²) in [5.41, 5.74) is 0.687. The third-order valence-corrected chi connectivity index (χ3v) is 5.35. The average Bonchev–Trinajstić information content (AvgIpc) is 2.68. The molecule has 0 aliphatic carbocycles. The van der Waals surface area contributed by atoms with Crippen LogP contribution in [0.1, 0.15) is 33.1 Å². The number of halogens is 2. The van der Waals surface area contributed by atoms with Crippen LogP contribution in [0.5, 0.6) is 0 Å². The molecule has 1 fully saturated rings. The van der Waals surface area contributed by atoms with Crippen molar-refractivity contribution in [3.8, 4) is 0 Å². The highest BCUT2D eigenvalue weighted by molar-refractivity contribution is 6.31. The van der Waals surface area contributed by atoms with E-state index < -0.39 is 0 Å². The molecular formula is C22H26Cl2N2O2. The van der Waals surface area contributed by atoms with Crippen LogP contribution in [0.3, 0.4) is 0 Å². The number of nitrogens with one attached hydrogen (secondary N) is 2. The van der Waals surface area contributed by atoms with Gasteiger partial charge in [0.25, 0.3) is 0 Å². The van der Waals surface area contributed by atoms with Crippen molar-refractivity contribution >= 4 is 40.7 Å². The highest BCUT2D eigenvalue weighted by Gasteiger charge is 2.36. The second kappa shape index (κ2) is 11.1. The highest BCUT2D eigenvalue weighted by Crippen LogP contribution is 2.26. The number of amides is 2. The maximum Gasteiger partial charge on any atom is 0.229 e. The van der Waals surface area contributed by atoms with E-state index in [1.54, 1.807) is 18.2 Å². The third-order valence-electron chi connectivity index (χ3n) is 4.86. The van der Waals surface area contributed by atoms with Gasteiger partial charge in [0.2, 0.25) is 11.8 Å². The van der Waals surface area contributed by atoms with E-state index in [-0.39, 0.29) is 29.7 Å². The van der Waals surface area contributed by atoms with E-state index in [9.17, 15) is 9.59 Å². The van der Waals surface area contributed by atoms with E-state index in [1.165, 1.54) is 0 Å². The molecule has 2 amide bonds. The predicted octanol–water partition coefficient (Wildman–Crippen LogP) is 5.56. The normalized spacial score (nSPS) is 19.6. The molecule has 0 spiro atoms. The Kier molecular flexibility index (Phi) is 8.81. The van der Waals surface area contributed by atoms with Gasteiger partial charge in [-0.05, 0) is 42.7 Å². The zero-order valence-electron chi connectivity index (χ0n) is 16.1. The fraction of sp³-hybridized carbons (Fsp3) is 0.364. The molecule has 1 aliphatic heterocycles. The second-order valence-electron chi connectivity index (χ2n) is 6.92. The molecule has 28 heavy (non-hydrogen) atoms. The van der Waals surface area contributed by atoms with Crippen molar-refractivity contribution in [2.24, 2.45) is 11.8 Å². The molecule has 6 heteroatoms. The first-order chi connectivity index (χ1) is 13.4. The van der Waals surface area contributed by atoms with Crippen LogP contribution in [-0.4, -0.2) is 17.9 Å². The van der Waals surface area contributed by atoms with E-state index in [2.05, 4.69) is 24.5 Å². The van der Waals surface area contributed by atoms with Crippen molar-refractivity contribution in [3.63, 3.8) is 0 Å². The summed E-state index contributed by atoms with van der Waals surface area (Å²) < 4.78 is 0. The first kappa shape index (κ1) is 22.3. The first-order valence-corrected chi connectivity index (χ1v) is 10.2. The first-order valence-electron chi connectivity index (χ1n) is 9.47. The van der Waals surface area contributed by atoms with Crippen LogP contribution in [0.4, 0.5) is 5.69 Å². The topological polar surface area (TPSA) is 58.2 Å². The monoisotopic (exact) mass is 420 g/mol. The summed E-state index contributed by atoms with van der Waals surface area (Å²) >= 11 is 11.5. The van der Waals surface area contributed by atoms with Gasteiger partial charge in [0.05, 0.1) is 5.92 Å². The molecule has 150 valence electrons. The summed E-state index contributed by atoms with van der Waals surface area (Å²) in [7, 11) is 0. The number of carbonyl (C=O) groups is 2. The average molecular weight is 421 g/mol. The summed E-state index contributed by atoms with van der Waals surface area (Å²) in [6.07, 6.45) is 1.92. The highest BCUT2D eigenvalue weighted by atomic mass is 35.5. The lowest BCUT2D eigenvalue weighted by Crippen LogP contribution is -2.52. The SMILES string of the molecule is CCC(C)C1NC(=O)CCC1C(=O)Nc1cccc(Cl)c1.Clc1ccccc1. The van der Waals surface area contributed by atoms with Gasteiger partial charge >= 0.3 is 0 Å². The van der Waals surface area contributed by atoms with Gasteiger partial charge in [0.1, 0.15) is 0 Å². The number of benzene rings is 2. The van der Waals surface area contributed by atoms with Crippen LogP contribution < -0.4 is 10.6 Å². The lowest BCUT2D eigenvalue weighted by molar-refractivity contribution is -0.129. The minimum atomic E-state index is -0.198. The van der Waals surface area contributed by atoms with Gasteiger partial charge in [0, 0.05) is 28.2 Å². The van der Waals surface area contributed by atoms with E-state index in [0.29, 0.717) is 23.6 Å². The molecule has 1 saturated heterocycles. The van der Waals surface area contributed by atoms with Gasteiger partial charge < -0.3 is 10.6 Å². The van der Waals surface area contributed by atoms with Crippen LogP contribution in [0, 0.1) is 11.8 Å². The Bertz CT molecular complexity index is 783. The second-order valence-corrected chi connectivity index (χ2v) is 7.79. The molecular weight excluding hydrogens is 395 g/mol. The molecule has 0 saturated carbocycles. The molecule has 2 aromatic carbocycles. The van der Waals surface area contributed by atoms with Crippen molar-refractivity contribution in [1.29, 1.82) is 0 Å². The molecule has 1 heterocycles. The van der Waals surface area contributed by atoms with E-state index in [0.717, 1.165) is 11.4 Å². The lowest BCUT2D eigenvalue weighted by Gasteiger charge is -2.35. The van der Waals surface area contributed by atoms with Crippen LogP contribution in [0.25, 0.3) is 0 Å². The predicted molar refractivity (Wildman–Crippen MR) is 116 cm³/mol. The Morgan fingerprint density at radius 1 is 1.14 bits per heavy atom. The summed E-state index contributed by atoms with van der Waals surface area (Å²) in [5, 5.41) is 7.25. The Hall–Kier alpha value is -2.04. The summed E-state index contributed by atoms with van der Waals surface area (Å²) in [6.45, 7) is 4.13. The fourth-order valence-electron chi connectivity index (χ4n) is 3.13. The third kappa shape index (κ3) is 6.84. The molecule has 0 bridgehead atoms. The number of hydrogen-bond acceptors (Lipinski definition) is 2. The van der Waals surface area contributed by atoms with Crippen LogP contribution in [-0.2, 0) is 9.59 Å². The number of piperidine rings is 1. The Morgan fingerprint density at radius 2 is 1.82 bits per heavy atom. The standard InChI is InChI=1S/C16H21ClN2O2.C6H5Cl/c1-3-10(2)15-13(7-8-14(20)19-15)16(21)18-12-6-4-5-11(17)9-12;7-6-4-2-1-3-5-6/h4-6,9-10,13,15H,3,7-8H2,1-2H3,(H,18,21)(H,19,20);1-5H. The van der Waals surface area contributed by atoms with E-state index >= 15 is 0 Å². The van der Waals surface area contributed by atoms with Gasteiger partial charge in [-0.2, -0.15) is 0 Å². The lowest BCUT2D eigenvalue weighted by atomic mass is 9.81. The zero-order valence-corrected chi connectivity index (χ0v) is 17.6. The molecule has 0 aromatic heterocycles. The molecule has 0 radical (unpaired) electrons. The Balaban J connectivity index is 0.000000336. The maximum absolute atomic E-state index is 12.5. The molecule has 1 aliphatic rings. The van der Waals surface area contributed by atoms with Gasteiger partial charge in [-0.3, -0.25) is 9.59 Å². The van der Waals surface area contributed by atoms with Gasteiger partial charge in [-0.15, -0.1) is 0 Å². The number of carbonyl (C=O) groups excluding carboxylic acids is 2. The van der Waals surface area contributed by atoms with Crippen LogP contribution in [0.15, 0.2) is 54.6 Å². The van der Waals surface area contributed by atoms with Crippen LogP contribution >= 0.6 is 23.2 Å². The molecule has 3 unspecified atom stereocenters. The summed E-state index contributed by atoms with van der Waals surface area (Å²) in [4.78, 5) is 24.1. The molecule has 3 rings (SSSR count). The van der Waals surface area contributed by atoms with Crippen molar-refractivity contribution in [1.82, 2.24) is 5.32 Å². The largest absolute Gasteiger partial charge is 0.352 e. The van der Waals surface area contributed by atoms with Gasteiger partial charge in [-0.25, -0.2) is 0 Å². The molecule has 2 aromatic rings. The number of anilines is 1. The van der Waals surface area contributed by atoms with E-state index in [4.69, 9.17) is 23.2 Å². The fourth-order valence-corrected chi connectivity index (χ4v) is 3.46. The molecule has 4 nitrogen and oxygen atoms in total. The van der Waals surface area contributed by atoms with Gasteiger partial charge in [-0.1, -0.05) is 67.7 Å². The smallest absolute Gasteiger partial charge is 0.229 e. The minimum Gasteiger partial charge on any atom is -0.352 e.